The van der Waals surface area contributed by atoms with Crippen LogP contribution in [0.4, 0.5) is 0 Å². The van der Waals surface area contributed by atoms with Crippen molar-refractivity contribution in [3.05, 3.63) is 203 Å². The first-order chi connectivity index (χ1) is 40.5. The molecule has 0 radical (unpaired) electrons. The van der Waals surface area contributed by atoms with Gasteiger partial charge in [-0.25, -0.2) is 0 Å². The summed E-state index contributed by atoms with van der Waals surface area (Å²) in [7, 11) is 3.59. The third-order valence-electron chi connectivity index (χ3n) is 14.3. The van der Waals surface area contributed by atoms with Gasteiger partial charge in [-0.05, 0) is 61.5 Å². The Bertz CT molecular complexity index is 3470. The van der Waals surface area contributed by atoms with E-state index >= 15 is 9.59 Å². The molecule has 0 spiro atoms. The molecule has 20 heteroatoms. The second kappa shape index (κ2) is 29.6. The zero-order valence-corrected chi connectivity index (χ0v) is 48.6. The van der Waals surface area contributed by atoms with Crippen LogP contribution in [0.2, 0.25) is 0 Å². The number of hydrogen-bond acceptors (Lipinski definition) is 12. The van der Waals surface area contributed by atoms with Crippen molar-refractivity contribution >= 4 is 90.4 Å². The van der Waals surface area contributed by atoms with Gasteiger partial charge in [-0.1, -0.05) is 193 Å². The Morgan fingerprint density at radius 3 is 1.58 bits per heavy atom. The summed E-state index contributed by atoms with van der Waals surface area (Å²) in [4.78, 5) is 118. The van der Waals surface area contributed by atoms with Gasteiger partial charge in [-0.2, -0.15) is 0 Å². The summed E-state index contributed by atoms with van der Waals surface area (Å²) in [6.45, 7) is 4.62. The molecule has 436 valence electrons. The molecular formula is C64H70N10O8S2. The van der Waals surface area contributed by atoms with E-state index < -0.39 is 89.7 Å². The highest BCUT2D eigenvalue weighted by atomic mass is 33.1. The molecule has 7 aromatic carbocycles. The van der Waals surface area contributed by atoms with E-state index in [0.29, 0.717) is 23.2 Å². The topological polar surface area (TPSA) is 276 Å². The molecule has 0 saturated carbocycles. The van der Waals surface area contributed by atoms with Gasteiger partial charge in [0.1, 0.15) is 30.2 Å². The fraction of sp³-hybridized carbons (Fsp3) is 0.281. The summed E-state index contributed by atoms with van der Waals surface area (Å²) in [5.41, 5.74) is 16.2. The molecule has 1 heterocycles. The number of nitrogens with one attached hydrogen (secondary N) is 7. The number of primary amides is 1. The second-order valence-electron chi connectivity index (χ2n) is 21.1. The van der Waals surface area contributed by atoms with Gasteiger partial charge < -0.3 is 53.6 Å². The lowest BCUT2D eigenvalue weighted by atomic mass is 10.0. The molecule has 0 aliphatic carbocycles. The van der Waals surface area contributed by atoms with Crippen molar-refractivity contribution in [3.8, 4) is 0 Å². The second-order valence-corrected chi connectivity index (χ2v) is 23.6. The van der Waals surface area contributed by atoms with E-state index in [4.69, 9.17) is 11.5 Å². The van der Waals surface area contributed by atoms with Crippen LogP contribution in [-0.4, -0.2) is 119 Å². The van der Waals surface area contributed by atoms with Crippen molar-refractivity contribution in [2.75, 3.05) is 18.6 Å². The number of nitrogens with two attached hydrogens (primary N) is 2. The van der Waals surface area contributed by atoms with Gasteiger partial charge in [0.05, 0.1) is 6.04 Å². The zero-order valence-electron chi connectivity index (χ0n) is 46.9. The quantitative estimate of drug-likeness (QED) is 0.0601. The third kappa shape index (κ3) is 17.3. The van der Waals surface area contributed by atoms with Gasteiger partial charge in [0, 0.05) is 62.4 Å². The lowest BCUT2D eigenvalue weighted by Gasteiger charge is -2.32. The number of amides is 8. The monoisotopic (exact) mass is 1170 g/mol. The fourth-order valence-electron chi connectivity index (χ4n) is 9.56. The van der Waals surface area contributed by atoms with E-state index in [1.54, 1.807) is 78.9 Å². The van der Waals surface area contributed by atoms with Gasteiger partial charge in [-0.3, -0.25) is 38.4 Å². The van der Waals surface area contributed by atoms with Crippen molar-refractivity contribution in [2.45, 2.75) is 94.5 Å². The highest BCUT2D eigenvalue weighted by Crippen LogP contribution is 2.24. The van der Waals surface area contributed by atoms with E-state index in [1.165, 1.54) is 7.05 Å². The summed E-state index contributed by atoms with van der Waals surface area (Å²) in [5, 5.41) is 23.7. The average molecular weight is 1170 g/mol. The first-order valence-corrected chi connectivity index (χ1v) is 30.2. The molecule has 84 heavy (non-hydrogen) atoms. The first-order valence-electron chi connectivity index (χ1n) is 27.7. The van der Waals surface area contributed by atoms with E-state index in [0.717, 1.165) is 59.2 Å². The summed E-state index contributed by atoms with van der Waals surface area (Å²) < 4.78 is 0. The summed E-state index contributed by atoms with van der Waals surface area (Å²) in [5.74, 6) is -6.51. The number of rotatable bonds is 16. The van der Waals surface area contributed by atoms with Crippen molar-refractivity contribution in [1.82, 2.24) is 42.1 Å². The largest absolute Gasteiger partial charge is 0.368 e. The minimum Gasteiger partial charge on any atom is -0.368 e. The molecule has 1 saturated heterocycles. The molecule has 1 fully saturated rings. The molecule has 0 unspecified atom stereocenters. The number of benzene rings is 7. The van der Waals surface area contributed by atoms with Crippen molar-refractivity contribution < 1.29 is 38.4 Å². The van der Waals surface area contributed by atoms with Crippen molar-refractivity contribution in [2.24, 2.45) is 11.5 Å². The van der Waals surface area contributed by atoms with Crippen LogP contribution in [0.5, 0.6) is 0 Å². The van der Waals surface area contributed by atoms with Gasteiger partial charge in [0.25, 0.3) is 11.8 Å². The van der Waals surface area contributed by atoms with Crippen molar-refractivity contribution in [3.63, 3.8) is 0 Å². The maximum absolute atomic E-state index is 15.2. The SMILES string of the molecule is CC(C)NCc1ccc(C[C@@H]2NC(=O)[C@@H](N(C)C(=O)c3ccc4ccccc4c3)NC(=O)[C@H](Cc3ccccc3)NC(=O)[C@H](N)CSSC[C@@H](C(=O)N[C@@H](Cc3ccc4ccccc4c3)C(N)=O)NC(=O)[C@H](Cc3ccccc3)NC2=O)cc1. The lowest BCUT2D eigenvalue weighted by Crippen LogP contribution is -2.64. The first kappa shape index (κ1) is 61.5. The standard InChI is InChI=1S/C64H70N10O8S2/c1-39(2)67-36-43-24-22-42(23-25-43)33-53-59(77)70-52(31-40-14-6-4-7-15-40)60(78)72-55(62(80)68-51(56(66)75)34-44-26-27-45-18-10-12-20-47(45)30-44)38-84-83-37-50(65)58(76)69-54(32-41-16-8-5-9-17-41)61(79)73-57(63(81)71-53)74(3)64(82)49-29-28-46-19-11-13-21-48(46)35-49/h4-30,35,39,50-55,57,67H,31-34,36-38,65H2,1-3H3,(H2,66,75)(H,68,80)(H,69,76)(H,70,77)(H,71,81)(H,72,78)(H,73,79)/t50-,51+,52+,53+,54+,55+,57-/m1/s1. The van der Waals surface area contributed by atoms with Gasteiger partial charge in [0.15, 0.2) is 6.17 Å². The van der Waals surface area contributed by atoms with E-state index in [1.807, 2.05) is 105 Å². The molecule has 11 N–H and O–H groups in total. The van der Waals surface area contributed by atoms with Gasteiger partial charge in [0.2, 0.25) is 35.4 Å². The van der Waals surface area contributed by atoms with Crippen LogP contribution in [0.1, 0.15) is 52.0 Å². The lowest BCUT2D eigenvalue weighted by molar-refractivity contribution is -0.137. The molecule has 0 bridgehead atoms. The number of carbonyl (C=O) groups excluding carboxylic acids is 8. The van der Waals surface area contributed by atoms with Crippen LogP contribution >= 0.6 is 21.6 Å². The van der Waals surface area contributed by atoms with Crippen LogP contribution in [0.25, 0.3) is 21.5 Å². The number of fused-ring (bicyclic) bond motifs is 2. The summed E-state index contributed by atoms with van der Waals surface area (Å²) >= 11 is 0. The molecule has 18 nitrogen and oxygen atoms in total. The molecule has 7 atom stereocenters. The van der Waals surface area contributed by atoms with Gasteiger partial charge in [-0.15, -0.1) is 0 Å². The molecule has 8 amide bonds. The normalized spacial score (nSPS) is 19.9. The van der Waals surface area contributed by atoms with Crippen LogP contribution < -0.4 is 48.7 Å². The summed E-state index contributed by atoms with van der Waals surface area (Å²) in [6, 6.07) is 43.2. The highest BCUT2D eigenvalue weighted by Gasteiger charge is 2.37. The Hall–Kier alpha value is -8.56. The molecule has 7 aromatic rings. The predicted octanol–water partition coefficient (Wildman–Crippen LogP) is 4.61. The van der Waals surface area contributed by atoms with Crippen LogP contribution in [0, 0.1) is 0 Å². The Morgan fingerprint density at radius 1 is 0.536 bits per heavy atom. The Balaban J connectivity index is 1.17. The Kier molecular flexibility index (Phi) is 21.7. The third-order valence-corrected chi connectivity index (χ3v) is 16.8. The smallest absolute Gasteiger partial charge is 0.264 e. The molecule has 0 aromatic heterocycles. The van der Waals surface area contributed by atoms with E-state index in [2.05, 4.69) is 37.2 Å². The van der Waals surface area contributed by atoms with Crippen LogP contribution in [0.3, 0.4) is 0 Å². The maximum atomic E-state index is 15.2. The van der Waals surface area contributed by atoms with Crippen LogP contribution in [0.15, 0.2) is 170 Å². The van der Waals surface area contributed by atoms with E-state index in [-0.39, 0.29) is 48.8 Å². The number of hydrogen-bond donors (Lipinski definition) is 9. The maximum Gasteiger partial charge on any atom is 0.264 e. The van der Waals surface area contributed by atoms with Gasteiger partial charge >= 0.3 is 0 Å². The minimum absolute atomic E-state index is 0.0350. The predicted molar refractivity (Wildman–Crippen MR) is 330 cm³/mol. The van der Waals surface area contributed by atoms with Crippen LogP contribution in [-0.2, 0) is 65.8 Å². The summed E-state index contributed by atoms with van der Waals surface area (Å²) in [6.07, 6.45) is -2.02. The number of carbonyl (C=O) groups is 8. The highest BCUT2D eigenvalue weighted by molar-refractivity contribution is 8.76. The zero-order chi connectivity index (χ0) is 59.7. The molecular weight excluding hydrogens is 1100 g/mol. The van der Waals surface area contributed by atoms with E-state index in [9.17, 15) is 28.8 Å². The van der Waals surface area contributed by atoms with Crippen molar-refractivity contribution in [1.29, 1.82) is 0 Å². The molecule has 1 aliphatic rings. The molecule has 1 aliphatic heterocycles. The molecule has 8 rings (SSSR count). The minimum atomic E-state index is -1.80. The fourth-order valence-corrected chi connectivity index (χ4v) is 11.8. The Morgan fingerprint density at radius 2 is 1.00 bits per heavy atom. The number of likely N-dealkylation sites (N-methyl/N-ethyl adjacent to an activating group) is 1. The Labute approximate surface area is 496 Å². The average Bonchev–Trinajstić information content (AvgIpc) is 3.32. The number of nitrogens with zero attached hydrogens (tertiary/aromatic N) is 1.